The van der Waals surface area contributed by atoms with E-state index in [1.165, 1.54) is 19.3 Å². The number of nitrogens with zero attached hydrogens (tertiary/aromatic N) is 4. The first-order valence-electron chi connectivity index (χ1n) is 14.3. The number of cyclic esters (lactones) is 1. The van der Waals surface area contributed by atoms with Gasteiger partial charge in [-0.25, -0.2) is 9.78 Å². The van der Waals surface area contributed by atoms with Crippen molar-refractivity contribution in [3.8, 4) is 0 Å². The zero-order valence-electron chi connectivity index (χ0n) is 23.1. The van der Waals surface area contributed by atoms with E-state index in [1.807, 2.05) is 13.1 Å². The third-order valence-corrected chi connectivity index (χ3v) is 8.52. The van der Waals surface area contributed by atoms with Gasteiger partial charge in [0.25, 0.3) is 0 Å². The fourth-order valence-electron chi connectivity index (χ4n) is 6.47. The van der Waals surface area contributed by atoms with Crippen LogP contribution in [0.4, 0.5) is 29.5 Å². The number of anilines is 2. The number of aryl methyl sites for hydroxylation is 1. The van der Waals surface area contributed by atoms with Gasteiger partial charge in [-0.2, -0.15) is 13.2 Å². The van der Waals surface area contributed by atoms with Gasteiger partial charge in [0.1, 0.15) is 11.9 Å². The quantitative estimate of drug-likeness (QED) is 0.368. The van der Waals surface area contributed by atoms with Gasteiger partial charge in [0.05, 0.1) is 30.0 Å². The van der Waals surface area contributed by atoms with E-state index >= 15 is 0 Å². The van der Waals surface area contributed by atoms with E-state index in [1.54, 1.807) is 17.9 Å². The number of hydrogen-bond donors (Lipinski definition) is 0. The van der Waals surface area contributed by atoms with Crippen molar-refractivity contribution in [2.75, 3.05) is 29.4 Å². The molecular formula is C30H39F3N4O2. The number of hydrogen-bond acceptors (Lipinski definition) is 5. The Balaban J connectivity index is 1.46. The summed E-state index contributed by atoms with van der Waals surface area (Å²) in [6, 6.07) is 6.03. The van der Waals surface area contributed by atoms with Crippen molar-refractivity contribution in [1.29, 1.82) is 0 Å². The summed E-state index contributed by atoms with van der Waals surface area (Å²) >= 11 is 0. The molecule has 212 valence electrons. The molecule has 1 amide bonds. The van der Waals surface area contributed by atoms with Crippen molar-refractivity contribution in [3.63, 3.8) is 0 Å². The van der Waals surface area contributed by atoms with Gasteiger partial charge in [-0.05, 0) is 70.2 Å². The summed E-state index contributed by atoms with van der Waals surface area (Å²) in [6.45, 7) is 8.71. The first-order valence-corrected chi connectivity index (χ1v) is 14.3. The van der Waals surface area contributed by atoms with E-state index in [-0.39, 0.29) is 0 Å². The Morgan fingerprint density at radius 3 is 2.44 bits per heavy atom. The number of pyridine rings is 1. The number of rotatable bonds is 7. The second kappa shape index (κ2) is 11.3. The van der Waals surface area contributed by atoms with Crippen LogP contribution in [-0.2, 0) is 17.5 Å². The van der Waals surface area contributed by atoms with E-state index in [9.17, 15) is 18.0 Å². The summed E-state index contributed by atoms with van der Waals surface area (Å²) < 4.78 is 46.3. The molecule has 1 aromatic heterocycles. The molecule has 1 saturated carbocycles. The first-order chi connectivity index (χ1) is 18.7. The maximum absolute atomic E-state index is 13.5. The molecule has 0 bridgehead atoms. The van der Waals surface area contributed by atoms with Gasteiger partial charge >= 0.3 is 12.3 Å². The normalized spacial score (nSPS) is 22.5. The van der Waals surface area contributed by atoms with Crippen molar-refractivity contribution in [2.24, 2.45) is 0 Å². The van der Waals surface area contributed by atoms with Gasteiger partial charge in [0.15, 0.2) is 0 Å². The molecule has 0 unspecified atom stereocenters. The largest absolute Gasteiger partial charge is 0.439 e. The molecule has 0 spiro atoms. The second-order valence-electron chi connectivity index (χ2n) is 11.3. The molecule has 1 aromatic carbocycles. The van der Waals surface area contributed by atoms with Gasteiger partial charge in [-0.3, -0.25) is 4.90 Å². The average Bonchev–Trinajstić information content (AvgIpc) is 3.54. The van der Waals surface area contributed by atoms with Crippen LogP contribution in [0.3, 0.4) is 0 Å². The average molecular weight is 545 g/mol. The Labute approximate surface area is 229 Å². The highest BCUT2D eigenvalue weighted by molar-refractivity contribution is 5.72. The number of benzene rings is 1. The molecular weight excluding hydrogens is 505 g/mol. The van der Waals surface area contributed by atoms with Crippen LogP contribution in [0.25, 0.3) is 0 Å². The Hall–Kier alpha value is -2.97. The van der Waals surface area contributed by atoms with Crippen LogP contribution in [0.2, 0.25) is 0 Å². The molecule has 39 heavy (non-hydrogen) atoms. The number of alkyl halides is 3. The Kier molecular flexibility index (Phi) is 7.96. The smallest absolute Gasteiger partial charge is 0.416 e. The molecule has 3 heterocycles. The molecule has 0 N–H and O–H groups in total. The van der Waals surface area contributed by atoms with E-state index in [4.69, 9.17) is 9.72 Å². The van der Waals surface area contributed by atoms with Crippen LogP contribution < -0.4 is 9.80 Å². The van der Waals surface area contributed by atoms with Gasteiger partial charge in [-0.15, -0.1) is 0 Å². The minimum atomic E-state index is -4.47. The highest BCUT2D eigenvalue weighted by Crippen LogP contribution is 2.39. The summed E-state index contributed by atoms with van der Waals surface area (Å²) in [5.41, 5.74) is 2.13. The Bertz CT molecular complexity index is 1180. The highest BCUT2D eigenvalue weighted by Gasteiger charge is 2.42. The lowest BCUT2D eigenvalue weighted by Gasteiger charge is -2.36. The monoisotopic (exact) mass is 544 g/mol. The summed E-state index contributed by atoms with van der Waals surface area (Å²) in [7, 11) is 0. The summed E-state index contributed by atoms with van der Waals surface area (Å²) in [5.74, 6) is 0.894. The van der Waals surface area contributed by atoms with Crippen LogP contribution in [0, 0.1) is 6.92 Å². The maximum atomic E-state index is 13.5. The Morgan fingerprint density at radius 2 is 1.77 bits per heavy atom. The first kappa shape index (κ1) is 27.6. The Morgan fingerprint density at radius 1 is 1.05 bits per heavy atom. The van der Waals surface area contributed by atoms with Crippen molar-refractivity contribution < 1.29 is 22.7 Å². The standard InChI is InChI=1S/C30H39F3N4O2/c1-4-36(25-10-6-5-7-11-25)28-23(17-26(18-34-28)35-12-8-9-13-35)19-37-21(3)27(39-29(37)38)22-14-20(2)15-24(16-22)30(31,32)33/h14-18,21,25,27H,4-13,19H2,1-3H3/t21-,27-/m0/s1. The number of ether oxygens (including phenoxy) is 1. The fraction of sp³-hybridized carbons (Fsp3) is 0.600. The lowest BCUT2D eigenvalue weighted by molar-refractivity contribution is -0.137. The lowest BCUT2D eigenvalue weighted by Crippen LogP contribution is -2.39. The molecule has 2 atom stereocenters. The third-order valence-electron chi connectivity index (χ3n) is 8.52. The summed E-state index contributed by atoms with van der Waals surface area (Å²) in [4.78, 5) is 24.5. The molecule has 0 radical (unpaired) electrons. The number of aromatic nitrogens is 1. The third kappa shape index (κ3) is 5.82. The van der Waals surface area contributed by atoms with E-state index in [2.05, 4.69) is 22.8 Å². The number of amides is 1. The maximum Gasteiger partial charge on any atom is 0.416 e. The summed E-state index contributed by atoms with van der Waals surface area (Å²) in [5, 5.41) is 0. The van der Waals surface area contributed by atoms with Crippen LogP contribution in [-0.4, -0.2) is 47.7 Å². The second-order valence-corrected chi connectivity index (χ2v) is 11.3. The minimum Gasteiger partial charge on any atom is -0.439 e. The molecule has 2 saturated heterocycles. The van der Waals surface area contributed by atoms with Crippen LogP contribution in [0.15, 0.2) is 30.5 Å². The molecule has 3 fully saturated rings. The predicted molar refractivity (Wildman–Crippen MR) is 146 cm³/mol. The number of carbonyl (C=O) groups excluding carboxylic acids is 1. The SMILES string of the molecule is CCN(c1ncc(N2CCCC2)cc1CN1C(=O)O[C@H](c2cc(C)cc(C(F)(F)F)c2)[C@@H]1C)C1CCCCC1. The molecule has 3 aliphatic rings. The van der Waals surface area contributed by atoms with E-state index in [0.717, 1.165) is 74.5 Å². The minimum absolute atomic E-state index is 0.293. The van der Waals surface area contributed by atoms with Crippen LogP contribution in [0.1, 0.15) is 87.2 Å². The van der Waals surface area contributed by atoms with Crippen molar-refractivity contribution in [2.45, 2.75) is 96.6 Å². The molecule has 2 aromatic rings. The predicted octanol–water partition coefficient (Wildman–Crippen LogP) is 7.25. The van der Waals surface area contributed by atoms with Gasteiger partial charge in [0, 0.05) is 31.2 Å². The lowest BCUT2D eigenvalue weighted by atomic mass is 9.94. The van der Waals surface area contributed by atoms with E-state index in [0.29, 0.717) is 23.7 Å². The van der Waals surface area contributed by atoms with Crippen LogP contribution >= 0.6 is 0 Å². The van der Waals surface area contributed by atoms with Crippen molar-refractivity contribution in [3.05, 3.63) is 52.7 Å². The van der Waals surface area contributed by atoms with Crippen LogP contribution in [0.5, 0.6) is 0 Å². The van der Waals surface area contributed by atoms with Gasteiger partial charge in [-0.1, -0.05) is 30.9 Å². The van der Waals surface area contributed by atoms with Gasteiger partial charge < -0.3 is 14.5 Å². The molecule has 1 aliphatic carbocycles. The molecule has 9 heteroatoms. The number of halogens is 3. The molecule has 6 nitrogen and oxygen atoms in total. The van der Waals surface area contributed by atoms with E-state index < -0.39 is 30.0 Å². The zero-order chi connectivity index (χ0) is 27.7. The molecule has 5 rings (SSSR count). The van der Waals surface area contributed by atoms with Crippen molar-refractivity contribution in [1.82, 2.24) is 9.88 Å². The highest BCUT2D eigenvalue weighted by atomic mass is 19.4. The molecule has 2 aliphatic heterocycles. The summed E-state index contributed by atoms with van der Waals surface area (Å²) in [6.07, 6.45) is 4.41. The fourth-order valence-corrected chi connectivity index (χ4v) is 6.47. The van der Waals surface area contributed by atoms with Crippen molar-refractivity contribution >= 4 is 17.6 Å². The number of carbonyl (C=O) groups is 1. The van der Waals surface area contributed by atoms with Gasteiger partial charge in [0.2, 0.25) is 0 Å². The topological polar surface area (TPSA) is 48.9 Å². The zero-order valence-corrected chi connectivity index (χ0v) is 23.1.